The number of nitro benzene ring substituents is 1. The number of benzene rings is 3. The van der Waals surface area contributed by atoms with Crippen molar-refractivity contribution in [1.82, 2.24) is 20.1 Å². The Morgan fingerprint density at radius 2 is 1.69 bits per heavy atom. The quantitative estimate of drug-likeness (QED) is 0.118. The number of nitro groups is 1. The van der Waals surface area contributed by atoms with Crippen LogP contribution in [-0.4, -0.2) is 85.7 Å². The number of nitrogens with one attached hydrogen (secondary N) is 1. The van der Waals surface area contributed by atoms with Gasteiger partial charge in [-0.15, -0.1) is 0 Å². The van der Waals surface area contributed by atoms with Crippen molar-refractivity contribution < 1.29 is 28.8 Å². The molecule has 3 heterocycles. The van der Waals surface area contributed by atoms with E-state index in [2.05, 4.69) is 10.4 Å². The first-order valence-corrected chi connectivity index (χ1v) is 15.0. The summed E-state index contributed by atoms with van der Waals surface area (Å²) in [5.74, 6) is -1.44. The summed E-state index contributed by atoms with van der Waals surface area (Å²) in [6.45, 7) is 0.0144. The molecule has 3 aromatic rings. The summed E-state index contributed by atoms with van der Waals surface area (Å²) in [6.07, 6.45) is 1.64. The number of esters is 1. The molecule has 3 atom stereocenters. The number of thioether (sulfide) groups is 1. The second-order valence-corrected chi connectivity index (χ2v) is 12.1. The van der Waals surface area contributed by atoms with E-state index in [1.807, 2.05) is 60.7 Å². The molecule has 3 saturated heterocycles. The smallest absolute Gasteiger partial charge is 0.345 e. The molecule has 14 heteroatoms. The first-order valence-electron chi connectivity index (χ1n) is 14.2. The van der Waals surface area contributed by atoms with Gasteiger partial charge in [-0.3, -0.25) is 24.6 Å². The third-order valence-corrected chi connectivity index (χ3v) is 9.44. The van der Waals surface area contributed by atoms with E-state index in [1.165, 1.54) is 39.1 Å². The Hall–Kier alpha value is -5.24. The van der Waals surface area contributed by atoms with Crippen molar-refractivity contribution in [1.29, 1.82) is 0 Å². The maximum Gasteiger partial charge on any atom is 0.345 e. The van der Waals surface area contributed by atoms with E-state index in [1.54, 1.807) is 6.21 Å². The molecule has 0 spiro atoms. The predicted octanol–water partition coefficient (Wildman–Crippen LogP) is 2.75. The number of urea groups is 1. The number of amides is 4. The number of non-ortho nitro benzene ring substituents is 1. The summed E-state index contributed by atoms with van der Waals surface area (Å²) in [5, 5.41) is 18.8. The van der Waals surface area contributed by atoms with Gasteiger partial charge in [0.25, 0.3) is 5.69 Å². The lowest BCUT2D eigenvalue weighted by atomic mass is 10.0. The van der Waals surface area contributed by atoms with Crippen LogP contribution in [0.3, 0.4) is 0 Å². The molecule has 3 aromatic carbocycles. The maximum atomic E-state index is 13.9. The third-order valence-electron chi connectivity index (χ3n) is 7.77. The van der Waals surface area contributed by atoms with Crippen LogP contribution < -0.4 is 5.32 Å². The molecule has 6 rings (SSSR count). The number of hydrazone groups is 1. The molecule has 3 aliphatic heterocycles. The summed E-state index contributed by atoms with van der Waals surface area (Å²) in [5.41, 5.74) is 2.00. The minimum atomic E-state index is -1.60. The molecular weight excluding hydrogens is 600 g/mol. The number of hydrogen-bond donors (Lipinski definition) is 1. The zero-order valence-corrected chi connectivity index (χ0v) is 24.7. The molecule has 230 valence electrons. The Morgan fingerprint density at radius 1 is 1.00 bits per heavy atom. The van der Waals surface area contributed by atoms with Gasteiger partial charge in [0.1, 0.15) is 18.0 Å². The van der Waals surface area contributed by atoms with Crippen LogP contribution in [0.15, 0.2) is 90.0 Å². The van der Waals surface area contributed by atoms with Gasteiger partial charge in [-0.1, -0.05) is 72.4 Å². The Bertz CT molecular complexity index is 1660. The van der Waals surface area contributed by atoms with Crippen LogP contribution in [0.5, 0.6) is 0 Å². The fourth-order valence-corrected chi connectivity index (χ4v) is 7.11. The van der Waals surface area contributed by atoms with E-state index in [0.717, 1.165) is 22.9 Å². The van der Waals surface area contributed by atoms with Gasteiger partial charge in [0.15, 0.2) is 0 Å². The maximum absolute atomic E-state index is 13.9. The highest BCUT2D eigenvalue weighted by atomic mass is 32.2. The van der Waals surface area contributed by atoms with Crippen molar-refractivity contribution in [2.45, 2.75) is 29.3 Å². The zero-order chi connectivity index (χ0) is 31.6. The molecule has 0 unspecified atom stereocenters. The van der Waals surface area contributed by atoms with Crippen LogP contribution in [0.2, 0.25) is 0 Å². The van der Waals surface area contributed by atoms with Gasteiger partial charge in [0, 0.05) is 18.7 Å². The Morgan fingerprint density at radius 3 is 2.38 bits per heavy atom. The summed E-state index contributed by atoms with van der Waals surface area (Å²) in [7, 11) is 0. The molecule has 0 bridgehead atoms. The lowest BCUT2D eigenvalue weighted by Gasteiger charge is -2.41. The fraction of sp³-hybridized carbons (Fsp3) is 0.258. The lowest BCUT2D eigenvalue weighted by molar-refractivity contribution is -0.384. The number of ether oxygens (including phenoxy) is 1. The Labute approximate surface area is 262 Å². The summed E-state index contributed by atoms with van der Waals surface area (Å²) < 4.78 is 5.69. The lowest BCUT2D eigenvalue weighted by Crippen LogP contribution is -2.67. The second-order valence-electron chi connectivity index (χ2n) is 10.7. The van der Waals surface area contributed by atoms with Crippen LogP contribution in [0, 0.1) is 10.1 Å². The van der Waals surface area contributed by atoms with Crippen LogP contribution >= 0.6 is 11.8 Å². The number of hydrogen-bond acceptors (Lipinski definition) is 9. The van der Waals surface area contributed by atoms with E-state index in [0.29, 0.717) is 5.56 Å². The molecule has 0 aliphatic carbocycles. The van der Waals surface area contributed by atoms with E-state index >= 15 is 0 Å². The Kier molecular flexibility index (Phi) is 8.22. The third kappa shape index (κ3) is 5.96. The standard InChI is InChI=1S/C31H28N6O7S/c38-25(17-21-7-3-1-4-8-21)33-26-27(39)34-20-31(45-28(26)34,29(40)44-19-23-11-13-24(14-12-23)37(42)43)35-15-16-36(30(35)41)32-18-22-9-5-2-6-10-22/h1-14,18,26,28H,15-17,19-20H2,(H,33,38)/t26-,28-,31-/m1/s1. The van der Waals surface area contributed by atoms with Gasteiger partial charge in [-0.25, -0.2) is 14.6 Å². The van der Waals surface area contributed by atoms with Gasteiger partial charge in [-0.2, -0.15) is 5.10 Å². The number of β-lactam (4-membered cyclic amide) rings is 1. The molecule has 3 aliphatic rings. The molecule has 0 saturated carbocycles. The Balaban J connectivity index is 1.21. The first kappa shape index (κ1) is 29.8. The van der Waals surface area contributed by atoms with E-state index < -0.39 is 33.2 Å². The summed E-state index contributed by atoms with van der Waals surface area (Å²) in [6, 6.07) is 22.5. The van der Waals surface area contributed by atoms with Crippen LogP contribution in [-0.2, 0) is 32.1 Å². The molecule has 0 radical (unpaired) electrons. The van der Waals surface area contributed by atoms with Crippen LogP contribution in [0.1, 0.15) is 16.7 Å². The van der Waals surface area contributed by atoms with Gasteiger partial charge in [0.05, 0.1) is 30.6 Å². The van der Waals surface area contributed by atoms with Crippen LogP contribution in [0.4, 0.5) is 10.5 Å². The van der Waals surface area contributed by atoms with E-state index in [9.17, 15) is 29.3 Å². The summed E-state index contributed by atoms with van der Waals surface area (Å²) in [4.78, 5) is 65.3. The minimum absolute atomic E-state index is 0.0867. The number of nitrogens with zero attached hydrogens (tertiary/aromatic N) is 5. The van der Waals surface area contributed by atoms with Gasteiger partial charge in [-0.05, 0) is 28.8 Å². The second kappa shape index (κ2) is 12.4. The number of carbonyl (C=O) groups excluding carboxylic acids is 4. The zero-order valence-electron chi connectivity index (χ0n) is 23.9. The highest BCUT2D eigenvalue weighted by Crippen LogP contribution is 2.50. The highest BCUT2D eigenvalue weighted by Gasteiger charge is 2.66. The molecule has 3 fully saturated rings. The average Bonchev–Trinajstić information content (AvgIpc) is 3.61. The van der Waals surface area contributed by atoms with Crippen LogP contribution in [0.25, 0.3) is 0 Å². The SMILES string of the molecule is O=C(Cc1ccccc1)N[C@@H]1C(=O)N2C[C@@](C(=O)OCc3ccc([N+](=O)[O-])cc3)(N3CCN(N=Cc4ccccc4)C3=O)S[C@H]12. The van der Waals surface area contributed by atoms with Crippen molar-refractivity contribution in [3.63, 3.8) is 0 Å². The van der Waals surface area contributed by atoms with Gasteiger partial charge >= 0.3 is 12.0 Å². The predicted molar refractivity (Wildman–Crippen MR) is 164 cm³/mol. The van der Waals surface area contributed by atoms with E-state index in [-0.39, 0.29) is 50.2 Å². The number of fused-ring (bicyclic) bond motifs is 1. The summed E-state index contributed by atoms with van der Waals surface area (Å²) >= 11 is 1.09. The molecule has 45 heavy (non-hydrogen) atoms. The van der Waals surface area contributed by atoms with E-state index in [4.69, 9.17) is 4.74 Å². The minimum Gasteiger partial charge on any atom is -0.458 e. The monoisotopic (exact) mass is 628 g/mol. The average molecular weight is 629 g/mol. The number of carbonyl (C=O) groups is 4. The van der Waals surface area contributed by atoms with Crippen molar-refractivity contribution in [3.05, 3.63) is 112 Å². The van der Waals surface area contributed by atoms with Gasteiger partial charge < -0.3 is 15.0 Å². The van der Waals surface area contributed by atoms with Crippen molar-refractivity contribution in [2.75, 3.05) is 19.6 Å². The van der Waals surface area contributed by atoms with Gasteiger partial charge in [0.2, 0.25) is 16.7 Å². The highest BCUT2D eigenvalue weighted by molar-refractivity contribution is 8.02. The topological polar surface area (TPSA) is 155 Å². The van der Waals surface area contributed by atoms with Crippen molar-refractivity contribution >= 4 is 47.5 Å². The molecule has 13 nitrogen and oxygen atoms in total. The normalized spacial score (nSPS) is 22.4. The fourth-order valence-electron chi connectivity index (χ4n) is 5.42. The number of rotatable bonds is 10. The molecule has 1 N–H and O–H groups in total. The molecule has 4 amide bonds. The molecule has 0 aromatic heterocycles. The largest absolute Gasteiger partial charge is 0.458 e. The molecular formula is C31H28N6O7S. The first-order chi connectivity index (χ1) is 21.7. The van der Waals surface area contributed by atoms with Crippen molar-refractivity contribution in [2.24, 2.45) is 5.10 Å². The van der Waals surface area contributed by atoms with Crippen molar-refractivity contribution in [3.8, 4) is 0 Å².